The average molecular weight is 318 g/mol. The van der Waals surface area contributed by atoms with Crippen molar-refractivity contribution in [2.45, 2.75) is 71.5 Å². The lowest BCUT2D eigenvalue weighted by Crippen LogP contribution is -2.21. The molecule has 1 heterocycles. The molecule has 128 valence electrons. The van der Waals surface area contributed by atoms with Gasteiger partial charge >= 0.3 is 5.97 Å². The number of esters is 1. The molecule has 3 atom stereocenters. The summed E-state index contributed by atoms with van der Waals surface area (Å²) >= 11 is 0. The molecule has 0 fully saturated rings. The average Bonchev–Trinajstić information content (AvgIpc) is 2.77. The first-order valence-corrected chi connectivity index (χ1v) is 8.76. The van der Waals surface area contributed by atoms with Gasteiger partial charge in [-0.05, 0) is 57.4 Å². The SMILES string of the molecule is CC1=CCC[C@@](C)(O)C=C[C@H](C(C)C)CCC2=C[C@H](C1)OC2=O. The monoisotopic (exact) mass is 318 g/mol. The molecule has 0 aromatic rings. The van der Waals surface area contributed by atoms with Crippen LogP contribution in [0.2, 0.25) is 0 Å². The second-order valence-corrected chi connectivity index (χ2v) is 7.59. The Bertz CT molecular complexity index is 523. The molecule has 3 nitrogen and oxygen atoms in total. The summed E-state index contributed by atoms with van der Waals surface area (Å²) in [6.45, 7) is 8.30. The summed E-state index contributed by atoms with van der Waals surface area (Å²) in [6, 6.07) is 0. The quantitative estimate of drug-likeness (QED) is 0.578. The highest BCUT2D eigenvalue weighted by atomic mass is 16.5. The minimum absolute atomic E-state index is 0.120. The molecule has 2 rings (SSSR count). The summed E-state index contributed by atoms with van der Waals surface area (Å²) in [7, 11) is 0. The number of rotatable bonds is 1. The number of hydrogen-bond donors (Lipinski definition) is 1. The highest BCUT2D eigenvalue weighted by molar-refractivity contribution is 5.90. The van der Waals surface area contributed by atoms with Crippen LogP contribution in [0.4, 0.5) is 0 Å². The molecule has 1 N–H and O–H groups in total. The van der Waals surface area contributed by atoms with Crippen molar-refractivity contribution in [1.82, 2.24) is 0 Å². The summed E-state index contributed by atoms with van der Waals surface area (Å²) < 4.78 is 5.47. The number of carbonyl (C=O) groups excluding carboxylic acids is 1. The van der Waals surface area contributed by atoms with Crippen LogP contribution in [-0.4, -0.2) is 22.8 Å². The molecule has 1 aliphatic carbocycles. The third kappa shape index (κ3) is 5.35. The molecule has 2 bridgehead atoms. The van der Waals surface area contributed by atoms with Gasteiger partial charge in [0.1, 0.15) is 6.10 Å². The van der Waals surface area contributed by atoms with E-state index < -0.39 is 5.60 Å². The van der Waals surface area contributed by atoms with Crippen molar-refractivity contribution in [2.75, 3.05) is 0 Å². The van der Waals surface area contributed by atoms with Crippen LogP contribution in [0.1, 0.15) is 59.8 Å². The van der Waals surface area contributed by atoms with Crippen molar-refractivity contribution in [2.24, 2.45) is 11.8 Å². The Morgan fingerprint density at radius 2 is 2.13 bits per heavy atom. The highest BCUT2D eigenvalue weighted by Gasteiger charge is 2.26. The lowest BCUT2D eigenvalue weighted by molar-refractivity contribution is -0.139. The van der Waals surface area contributed by atoms with Crippen LogP contribution < -0.4 is 0 Å². The number of carbonyl (C=O) groups is 1. The van der Waals surface area contributed by atoms with Crippen LogP contribution >= 0.6 is 0 Å². The molecule has 23 heavy (non-hydrogen) atoms. The fourth-order valence-corrected chi connectivity index (χ4v) is 3.23. The van der Waals surface area contributed by atoms with Gasteiger partial charge in [-0.2, -0.15) is 0 Å². The van der Waals surface area contributed by atoms with Gasteiger partial charge in [-0.25, -0.2) is 4.79 Å². The molecule has 0 aromatic carbocycles. The molecule has 0 radical (unpaired) electrons. The first kappa shape index (κ1) is 18.0. The van der Waals surface area contributed by atoms with Gasteiger partial charge in [0.15, 0.2) is 0 Å². The van der Waals surface area contributed by atoms with Crippen LogP contribution in [0.3, 0.4) is 0 Å². The molecule has 0 saturated carbocycles. The number of ether oxygens (including phenoxy) is 1. The van der Waals surface area contributed by atoms with Crippen molar-refractivity contribution in [3.8, 4) is 0 Å². The zero-order valence-electron chi connectivity index (χ0n) is 14.8. The van der Waals surface area contributed by atoms with E-state index in [2.05, 4.69) is 32.9 Å². The molecule has 2 aliphatic rings. The maximum absolute atomic E-state index is 12.0. The molecule has 0 saturated heterocycles. The minimum Gasteiger partial charge on any atom is -0.454 e. The summed E-state index contributed by atoms with van der Waals surface area (Å²) in [4.78, 5) is 12.0. The van der Waals surface area contributed by atoms with E-state index >= 15 is 0 Å². The minimum atomic E-state index is -0.779. The number of aliphatic hydroxyl groups is 1. The Labute approximate surface area is 140 Å². The molecular weight excluding hydrogens is 288 g/mol. The Kier molecular flexibility index (Phi) is 5.85. The summed E-state index contributed by atoms with van der Waals surface area (Å²) in [5.74, 6) is 0.677. The normalized spacial score (nSPS) is 33.0. The maximum Gasteiger partial charge on any atom is 0.334 e. The van der Waals surface area contributed by atoms with Crippen molar-refractivity contribution >= 4 is 5.97 Å². The summed E-state index contributed by atoms with van der Waals surface area (Å²) in [5.41, 5.74) is 1.24. The standard InChI is InChI=1S/C20H30O3/c1-14(2)16-7-8-17-13-18(23-19(17)21)12-15(3)6-5-10-20(4,22)11-9-16/h6,9,11,13-14,16,18,22H,5,7-8,10,12H2,1-4H3/t16-,18+,20-/m1/s1. The largest absolute Gasteiger partial charge is 0.454 e. The van der Waals surface area contributed by atoms with E-state index in [4.69, 9.17) is 4.74 Å². The first-order chi connectivity index (χ1) is 10.8. The van der Waals surface area contributed by atoms with E-state index in [1.807, 2.05) is 19.1 Å². The fourth-order valence-electron chi connectivity index (χ4n) is 3.23. The van der Waals surface area contributed by atoms with Crippen LogP contribution in [0, 0.1) is 11.8 Å². The van der Waals surface area contributed by atoms with E-state index in [0.29, 0.717) is 18.3 Å². The van der Waals surface area contributed by atoms with Gasteiger partial charge in [0.25, 0.3) is 0 Å². The van der Waals surface area contributed by atoms with Crippen LogP contribution in [0.5, 0.6) is 0 Å². The van der Waals surface area contributed by atoms with Crippen LogP contribution in [0.25, 0.3) is 0 Å². The van der Waals surface area contributed by atoms with E-state index in [0.717, 1.165) is 31.3 Å². The lowest BCUT2D eigenvalue weighted by atomic mass is 9.87. The number of hydrogen-bond acceptors (Lipinski definition) is 3. The van der Waals surface area contributed by atoms with Gasteiger partial charge in [-0.3, -0.25) is 0 Å². The molecule has 3 heteroatoms. The maximum atomic E-state index is 12.0. The predicted octanol–water partition coefficient (Wildman–Crippen LogP) is 4.33. The van der Waals surface area contributed by atoms with Gasteiger partial charge < -0.3 is 9.84 Å². The molecule has 0 amide bonds. The van der Waals surface area contributed by atoms with Crippen molar-refractivity contribution in [1.29, 1.82) is 0 Å². The van der Waals surface area contributed by atoms with Gasteiger partial charge in [0.2, 0.25) is 0 Å². The Hall–Kier alpha value is -1.35. The van der Waals surface area contributed by atoms with E-state index in [1.165, 1.54) is 5.57 Å². The van der Waals surface area contributed by atoms with Gasteiger partial charge in [0.05, 0.1) is 5.60 Å². The predicted molar refractivity (Wildman–Crippen MR) is 92.9 cm³/mol. The Morgan fingerprint density at radius 3 is 2.83 bits per heavy atom. The summed E-state index contributed by atoms with van der Waals surface area (Å²) in [5, 5.41) is 10.5. The molecule has 0 aromatic heterocycles. The third-order valence-corrected chi connectivity index (χ3v) is 4.88. The number of allylic oxidation sites excluding steroid dienone is 2. The van der Waals surface area contributed by atoms with E-state index in [1.54, 1.807) is 0 Å². The zero-order valence-corrected chi connectivity index (χ0v) is 14.8. The Morgan fingerprint density at radius 1 is 1.39 bits per heavy atom. The van der Waals surface area contributed by atoms with Gasteiger partial charge in [-0.15, -0.1) is 0 Å². The molecule has 1 aliphatic heterocycles. The van der Waals surface area contributed by atoms with Crippen LogP contribution in [0.15, 0.2) is 35.5 Å². The molecule has 0 spiro atoms. The lowest BCUT2D eigenvalue weighted by Gasteiger charge is -2.22. The topological polar surface area (TPSA) is 46.5 Å². The van der Waals surface area contributed by atoms with Crippen LogP contribution in [-0.2, 0) is 9.53 Å². The fraction of sp³-hybridized carbons (Fsp3) is 0.650. The second kappa shape index (κ2) is 7.48. The highest BCUT2D eigenvalue weighted by Crippen LogP contribution is 2.29. The smallest absolute Gasteiger partial charge is 0.334 e. The van der Waals surface area contributed by atoms with Crippen molar-refractivity contribution in [3.63, 3.8) is 0 Å². The van der Waals surface area contributed by atoms with E-state index in [9.17, 15) is 9.90 Å². The van der Waals surface area contributed by atoms with Gasteiger partial charge in [0, 0.05) is 12.0 Å². The van der Waals surface area contributed by atoms with Crippen molar-refractivity contribution in [3.05, 3.63) is 35.5 Å². The van der Waals surface area contributed by atoms with E-state index in [-0.39, 0.29) is 12.1 Å². The summed E-state index contributed by atoms with van der Waals surface area (Å²) in [6.07, 6.45) is 12.0. The van der Waals surface area contributed by atoms with Gasteiger partial charge in [-0.1, -0.05) is 37.6 Å². The second-order valence-electron chi connectivity index (χ2n) is 7.59. The number of fused-ring (bicyclic) bond motifs is 1. The first-order valence-electron chi connectivity index (χ1n) is 8.76. The third-order valence-electron chi connectivity index (χ3n) is 4.88. The Balaban J connectivity index is 2.22. The molecular formula is C20H30O3. The van der Waals surface area contributed by atoms with Crippen molar-refractivity contribution < 1.29 is 14.6 Å². The molecule has 0 unspecified atom stereocenters. The zero-order chi connectivity index (χ0) is 17.0.